The summed E-state index contributed by atoms with van der Waals surface area (Å²) in [5.41, 5.74) is 1.74. The molecule has 3 aromatic heterocycles. The van der Waals surface area contributed by atoms with Gasteiger partial charge in [0.1, 0.15) is 11.3 Å². The Kier molecular flexibility index (Phi) is 3.31. The van der Waals surface area contributed by atoms with Crippen LogP contribution in [0.2, 0.25) is 0 Å². The summed E-state index contributed by atoms with van der Waals surface area (Å²) in [5.74, 6) is 1.17. The van der Waals surface area contributed by atoms with Gasteiger partial charge in [0.05, 0.1) is 17.7 Å². The molecule has 0 spiro atoms. The van der Waals surface area contributed by atoms with Gasteiger partial charge in [0.15, 0.2) is 5.82 Å². The van der Waals surface area contributed by atoms with Crippen molar-refractivity contribution in [2.45, 2.75) is 13.8 Å². The first-order valence-electron chi connectivity index (χ1n) is 6.53. The maximum atomic E-state index is 12.3. The molecular weight excluding hydrogens is 272 g/mol. The number of aryl methyl sites for hydroxylation is 1. The lowest BCUT2D eigenvalue weighted by Crippen LogP contribution is -2.12. The number of hydrogen-bond donors (Lipinski definition) is 2. The highest BCUT2D eigenvalue weighted by atomic mass is 16.5. The van der Waals surface area contributed by atoms with Crippen molar-refractivity contribution in [3.05, 3.63) is 35.7 Å². The van der Waals surface area contributed by atoms with Crippen molar-refractivity contribution in [2.24, 2.45) is 0 Å². The van der Waals surface area contributed by atoms with Crippen molar-refractivity contribution < 1.29 is 14.1 Å². The number of carbonyl (C=O) groups is 1. The largest absolute Gasteiger partial charge is 0.478 e. The Hall–Kier alpha value is -2.83. The summed E-state index contributed by atoms with van der Waals surface area (Å²) < 4.78 is 10.3. The highest BCUT2D eigenvalue weighted by Gasteiger charge is 2.15. The lowest BCUT2D eigenvalue weighted by atomic mass is 10.2. The molecule has 0 saturated carbocycles. The Balaban J connectivity index is 1.91. The summed E-state index contributed by atoms with van der Waals surface area (Å²) in [6, 6.07) is 5.22. The molecule has 0 saturated heterocycles. The van der Waals surface area contributed by atoms with Gasteiger partial charge in [-0.05, 0) is 19.9 Å². The van der Waals surface area contributed by atoms with Crippen LogP contribution in [-0.4, -0.2) is 27.6 Å². The summed E-state index contributed by atoms with van der Waals surface area (Å²) in [4.78, 5) is 19.6. The average Bonchev–Trinajstić information content (AvgIpc) is 3.05. The summed E-state index contributed by atoms with van der Waals surface area (Å²) >= 11 is 0. The second-order valence-electron chi connectivity index (χ2n) is 4.46. The monoisotopic (exact) mass is 286 g/mol. The molecule has 108 valence electrons. The number of rotatable bonds is 4. The summed E-state index contributed by atoms with van der Waals surface area (Å²) in [5, 5.41) is 6.39. The van der Waals surface area contributed by atoms with Crippen LogP contribution in [0.1, 0.15) is 23.0 Å². The molecule has 0 aliphatic heterocycles. The number of nitrogens with zero attached hydrogens (tertiary/aromatic N) is 2. The lowest BCUT2D eigenvalue weighted by Gasteiger charge is -2.02. The SMILES string of the molecule is CCOc1ccc2[nH]cc(C(=O)Nc3cc(C)on3)c2n1. The van der Waals surface area contributed by atoms with Crippen molar-refractivity contribution in [2.75, 3.05) is 11.9 Å². The number of nitrogens with one attached hydrogen (secondary N) is 2. The molecule has 2 N–H and O–H groups in total. The maximum absolute atomic E-state index is 12.3. The van der Waals surface area contributed by atoms with E-state index in [1.807, 2.05) is 13.0 Å². The van der Waals surface area contributed by atoms with Crippen LogP contribution in [0.4, 0.5) is 5.82 Å². The predicted molar refractivity (Wildman–Crippen MR) is 76.5 cm³/mol. The smallest absolute Gasteiger partial charge is 0.260 e. The van der Waals surface area contributed by atoms with Gasteiger partial charge in [-0.3, -0.25) is 4.79 Å². The number of anilines is 1. The Morgan fingerprint density at radius 2 is 2.33 bits per heavy atom. The molecule has 3 heterocycles. The number of hydrogen-bond acceptors (Lipinski definition) is 5. The molecule has 0 aliphatic rings. The molecule has 0 aromatic carbocycles. The molecule has 0 aliphatic carbocycles. The number of H-pyrrole nitrogens is 1. The fourth-order valence-electron chi connectivity index (χ4n) is 1.99. The number of aromatic nitrogens is 3. The number of carbonyl (C=O) groups excluding carboxylic acids is 1. The first-order valence-corrected chi connectivity index (χ1v) is 6.53. The van der Waals surface area contributed by atoms with Crippen LogP contribution in [0.25, 0.3) is 11.0 Å². The van der Waals surface area contributed by atoms with Gasteiger partial charge >= 0.3 is 0 Å². The van der Waals surface area contributed by atoms with Gasteiger partial charge in [-0.15, -0.1) is 0 Å². The van der Waals surface area contributed by atoms with Crippen LogP contribution in [-0.2, 0) is 0 Å². The Labute approximate surface area is 120 Å². The van der Waals surface area contributed by atoms with Gasteiger partial charge in [0.25, 0.3) is 5.91 Å². The normalized spacial score (nSPS) is 10.8. The van der Waals surface area contributed by atoms with E-state index in [0.29, 0.717) is 35.1 Å². The summed E-state index contributed by atoms with van der Waals surface area (Å²) in [6.45, 7) is 4.15. The van der Waals surface area contributed by atoms with Crippen LogP contribution in [0.5, 0.6) is 5.88 Å². The van der Waals surface area contributed by atoms with E-state index in [4.69, 9.17) is 9.26 Å². The number of fused-ring (bicyclic) bond motifs is 1. The molecule has 7 nitrogen and oxygen atoms in total. The minimum absolute atomic E-state index is 0.310. The van der Waals surface area contributed by atoms with E-state index in [9.17, 15) is 4.79 Å². The molecule has 0 fully saturated rings. The van der Waals surface area contributed by atoms with Crippen LogP contribution in [0.15, 0.2) is 28.9 Å². The molecule has 3 aromatic rings. The first-order chi connectivity index (χ1) is 10.2. The standard InChI is InChI=1S/C14H14N4O3/c1-3-20-12-5-4-10-13(17-12)9(7-15-10)14(19)16-11-6-8(2)21-18-11/h4-7,15H,3H2,1-2H3,(H,16,18,19). The minimum Gasteiger partial charge on any atom is -0.478 e. The summed E-state index contributed by atoms with van der Waals surface area (Å²) in [7, 11) is 0. The fraction of sp³-hybridized carbons (Fsp3) is 0.214. The molecule has 0 atom stereocenters. The van der Waals surface area contributed by atoms with Gasteiger partial charge in [-0.25, -0.2) is 4.98 Å². The van der Waals surface area contributed by atoms with Crippen molar-refractivity contribution >= 4 is 22.8 Å². The lowest BCUT2D eigenvalue weighted by molar-refractivity contribution is 0.102. The molecule has 21 heavy (non-hydrogen) atoms. The molecule has 0 bridgehead atoms. The molecule has 3 rings (SSSR count). The van der Waals surface area contributed by atoms with Gasteiger partial charge < -0.3 is 19.6 Å². The molecule has 7 heteroatoms. The highest BCUT2D eigenvalue weighted by molar-refractivity contribution is 6.11. The first kappa shape index (κ1) is 13.2. The average molecular weight is 286 g/mol. The van der Waals surface area contributed by atoms with Crippen LogP contribution >= 0.6 is 0 Å². The number of pyridine rings is 1. The minimum atomic E-state index is -0.310. The highest BCUT2D eigenvalue weighted by Crippen LogP contribution is 2.21. The fourth-order valence-corrected chi connectivity index (χ4v) is 1.99. The van der Waals surface area contributed by atoms with E-state index < -0.39 is 0 Å². The zero-order valence-corrected chi connectivity index (χ0v) is 11.6. The van der Waals surface area contributed by atoms with Gasteiger partial charge in [0.2, 0.25) is 5.88 Å². The molecule has 0 unspecified atom stereocenters. The van der Waals surface area contributed by atoms with E-state index in [1.54, 1.807) is 25.3 Å². The quantitative estimate of drug-likeness (QED) is 0.768. The van der Waals surface area contributed by atoms with Gasteiger partial charge in [0, 0.05) is 18.3 Å². The van der Waals surface area contributed by atoms with Crippen molar-refractivity contribution in [1.82, 2.24) is 15.1 Å². The van der Waals surface area contributed by atoms with Gasteiger partial charge in [-0.2, -0.15) is 0 Å². The zero-order valence-electron chi connectivity index (χ0n) is 11.6. The number of ether oxygens (including phenoxy) is 1. The van der Waals surface area contributed by atoms with Crippen LogP contribution < -0.4 is 10.1 Å². The third-order valence-electron chi connectivity index (χ3n) is 2.90. The predicted octanol–water partition coefficient (Wildman–Crippen LogP) is 2.51. The second-order valence-corrected chi connectivity index (χ2v) is 4.46. The van der Waals surface area contributed by atoms with Crippen LogP contribution in [0.3, 0.4) is 0 Å². The Bertz CT molecular complexity index is 790. The molecular formula is C14H14N4O3. The van der Waals surface area contributed by atoms with E-state index in [1.165, 1.54) is 0 Å². The van der Waals surface area contributed by atoms with Crippen molar-refractivity contribution in [3.63, 3.8) is 0 Å². The third-order valence-corrected chi connectivity index (χ3v) is 2.90. The van der Waals surface area contributed by atoms with Crippen molar-refractivity contribution in [1.29, 1.82) is 0 Å². The van der Waals surface area contributed by atoms with E-state index in [2.05, 4.69) is 20.4 Å². The third kappa shape index (κ3) is 2.58. The molecule has 1 amide bonds. The number of amides is 1. The van der Waals surface area contributed by atoms with Crippen LogP contribution in [0, 0.1) is 6.92 Å². The van der Waals surface area contributed by atoms with Crippen molar-refractivity contribution in [3.8, 4) is 5.88 Å². The molecule has 0 radical (unpaired) electrons. The van der Waals surface area contributed by atoms with Gasteiger partial charge in [-0.1, -0.05) is 5.16 Å². The zero-order chi connectivity index (χ0) is 14.8. The Morgan fingerprint density at radius 3 is 3.05 bits per heavy atom. The van der Waals surface area contributed by atoms with E-state index in [0.717, 1.165) is 5.52 Å². The topological polar surface area (TPSA) is 93.0 Å². The second kappa shape index (κ2) is 5.28. The Morgan fingerprint density at radius 1 is 1.48 bits per heavy atom. The number of aromatic amines is 1. The van der Waals surface area contributed by atoms with E-state index in [-0.39, 0.29) is 5.91 Å². The van der Waals surface area contributed by atoms with E-state index >= 15 is 0 Å². The summed E-state index contributed by atoms with van der Waals surface area (Å²) in [6.07, 6.45) is 1.61. The maximum Gasteiger partial charge on any atom is 0.260 e.